The summed E-state index contributed by atoms with van der Waals surface area (Å²) >= 11 is 0. The largest absolute Gasteiger partial charge is 0.494 e. The van der Waals surface area contributed by atoms with Gasteiger partial charge in [0.25, 0.3) is 5.56 Å². The van der Waals surface area contributed by atoms with Crippen LogP contribution in [0, 0.1) is 0 Å². The minimum Gasteiger partial charge on any atom is -0.494 e. The van der Waals surface area contributed by atoms with Crippen LogP contribution in [0.25, 0.3) is 0 Å². The maximum absolute atomic E-state index is 12.3. The fourth-order valence-electron chi connectivity index (χ4n) is 3.70. The summed E-state index contributed by atoms with van der Waals surface area (Å²) in [6, 6.07) is -0.0534. The molecule has 0 saturated heterocycles. The molecule has 2 N–H and O–H groups in total. The first kappa shape index (κ1) is 20.4. The van der Waals surface area contributed by atoms with E-state index in [0.717, 1.165) is 58.2 Å². The van der Waals surface area contributed by atoms with Crippen molar-refractivity contribution >= 4 is 5.71 Å². The molecule has 0 bridgehead atoms. The number of H-pyrrole nitrogens is 1. The van der Waals surface area contributed by atoms with Crippen molar-refractivity contribution in [1.82, 2.24) is 14.5 Å². The summed E-state index contributed by atoms with van der Waals surface area (Å²) in [6.07, 6.45) is 5.79. The van der Waals surface area contributed by atoms with Gasteiger partial charge in [-0.2, -0.15) is 0 Å². The Labute approximate surface area is 154 Å². The molecule has 1 saturated carbocycles. The molecule has 7 nitrogen and oxygen atoms in total. The number of aromatic amines is 1. The first-order valence-electron chi connectivity index (χ1n) is 9.81. The van der Waals surface area contributed by atoms with Gasteiger partial charge in [-0.25, -0.2) is 4.79 Å². The topological polar surface area (TPSA) is 90.7 Å². The zero-order valence-corrected chi connectivity index (χ0v) is 16.3. The summed E-state index contributed by atoms with van der Waals surface area (Å²) in [4.78, 5) is 33.6. The van der Waals surface area contributed by atoms with Crippen molar-refractivity contribution in [1.29, 1.82) is 0 Å². The van der Waals surface area contributed by atoms with E-state index in [-0.39, 0.29) is 17.5 Å². The predicted octanol–water partition coefficient (Wildman–Crippen LogP) is 2.29. The maximum atomic E-state index is 12.3. The molecule has 26 heavy (non-hydrogen) atoms. The molecule has 1 aromatic heterocycles. The molecule has 1 aliphatic carbocycles. The van der Waals surface area contributed by atoms with Crippen molar-refractivity contribution in [3.05, 3.63) is 26.4 Å². The van der Waals surface area contributed by atoms with Gasteiger partial charge in [-0.1, -0.05) is 33.1 Å². The molecule has 7 heteroatoms. The molecule has 0 amide bonds. The van der Waals surface area contributed by atoms with Gasteiger partial charge in [0.2, 0.25) is 5.88 Å². The van der Waals surface area contributed by atoms with Crippen molar-refractivity contribution in [3.8, 4) is 5.88 Å². The molecule has 1 aromatic rings. The first-order chi connectivity index (χ1) is 12.5. The van der Waals surface area contributed by atoms with Gasteiger partial charge in [0, 0.05) is 18.3 Å². The number of rotatable bonds is 8. The van der Waals surface area contributed by atoms with Gasteiger partial charge in [0.05, 0.1) is 0 Å². The second-order valence-electron chi connectivity index (χ2n) is 6.97. The number of hydrogen-bond acceptors (Lipinski definition) is 5. The van der Waals surface area contributed by atoms with E-state index in [1.54, 1.807) is 6.92 Å². The zero-order valence-electron chi connectivity index (χ0n) is 16.3. The van der Waals surface area contributed by atoms with Gasteiger partial charge in [-0.15, -0.1) is 0 Å². The molecule has 1 fully saturated rings. The fraction of sp³-hybridized carbons (Fsp3) is 0.737. The van der Waals surface area contributed by atoms with E-state index in [4.69, 9.17) is 0 Å². The number of nitrogens with one attached hydrogen (secondary N) is 1. The van der Waals surface area contributed by atoms with Gasteiger partial charge in [0.15, 0.2) is 0 Å². The lowest BCUT2D eigenvalue weighted by molar-refractivity contribution is 0.298. The van der Waals surface area contributed by atoms with E-state index in [1.165, 1.54) is 4.57 Å². The quantitative estimate of drug-likeness (QED) is 0.547. The van der Waals surface area contributed by atoms with Crippen LogP contribution >= 0.6 is 0 Å². The van der Waals surface area contributed by atoms with Crippen molar-refractivity contribution in [2.45, 2.75) is 65.3 Å². The number of aliphatic imine (C=N–C) groups is 1. The molecule has 1 aliphatic rings. The van der Waals surface area contributed by atoms with Crippen LogP contribution in [0.4, 0.5) is 0 Å². The third-order valence-electron chi connectivity index (χ3n) is 5.30. The Morgan fingerprint density at radius 2 is 1.88 bits per heavy atom. The molecule has 0 aromatic carbocycles. The molecule has 0 aliphatic heterocycles. The molecule has 0 spiro atoms. The minimum atomic E-state index is -0.565. The van der Waals surface area contributed by atoms with E-state index < -0.39 is 11.2 Å². The molecule has 0 unspecified atom stereocenters. The van der Waals surface area contributed by atoms with Crippen molar-refractivity contribution in [2.75, 3.05) is 26.2 Å². The Morgan fingerprint density at radius 3 is 2.50 bits per heavy atom. The van der Waals surface area contributed by atoms with Gasteiger partial charge >= 0.3 is 5.69 Å². The Hall–Kier alpha value is -1.89. The highest BCUT2D eigenvalue weighted by molar-refractivity contribution is 6.00. The SMILES string of the molecule is CCN(CC)CCCN=C(C)c1c(O)n(C2CCCCC2)c(=O)[nH]c1=O. The number of nitrogens with zero attached hydrogens (tertiary/aromatic N) is 3. The zero-order chi connectivity index (χ0) is 19.1. The smallest absolute Gasteiger partial charge is 0.331 e. The third kappa shape index (κ3) is 4.84. The highest BCUT2D eigenvalue weighted by Crippen LogP contribution is 2.30. The van der Waals surface area contributed by atoms with Gasteiger partial charge in [0.1, 0.15) is 5.56 Å². The lowest BCUT2D eigenvalue weighted by Gasteiger charge is -2.25. The second kappa shape index (κ2) is 9.71. The van der Waals surface area contributed by atoms with Crippen LogP contribution in [0.3, 0.4) is 0 Å². The predicted molar refractivity (Wildman–Crippen MR) is 105 cm³/mol. The summed E-state index contributed by atoms with van der Waals surface area (Å²) in [6.45, 7) is 9.53. The maximum Gasteiger partial charge on any atom is 0.331 e. The summed E-state index contributed by atoms with van der Waals surface area (Å²) in [5.41, 5.74) is -0.493. The van der Waals surface area contributed by atoms with E-state index >= 15 is 0 Å². The van der Waals surface area contributed by atoms with Crippen LogP contribution in [0.5, 0.6) is 5.88 Å². The standard InChI is InChI=1S/C19H32N4O3/c1-4-22(5-2)13-9-12-20-14(3)16-17(24)21-19(26)23(18(16)25)15-10-7-6-8-11-15/h15,25H,4-13H2,1-3H3,(H,21,24,26). The average molecular weight is 364 g/mol. The highest BCUT2D eigenvalue weighted by Gasteiger charge is 2.23. The summed E-state index contributed by atoms with van der Waals surface area (Å²) in [5, 5.41) is 10.6. The molecule has 0 atom stereocenters. The van der Waals surface area contributed by atoms with Crippen LogP contribution < -0.4 is 11.2 Å². The molecule has 0 radical (unpaired) electrons. The lowest BCUT2D eigenvalue weighted by atomic mass is 9.95. The highest BCUT2D eigenvalue weighted by atomic mass is 16.3. The number of hydrogen-bond donors (Lipinski definition) is 2. The first-order valence-corrected chi connectivity index (χ1v) is 9.81. The Balaban J connectivity index is 2.21. The Bertz CT molecular complexity index is 725. The minimum absolute atomic E-state index is 0.0534. The monoisotopic (exact) mass is 364 g/mol. The van der Waals surface area contributed by atoms with E-state index in [0.29, 0.717) is 12.3 Å². The summed E-state index contributed by atoms with van der Waals surface area (Å²) < 4.78 is 1.35. The van der Waals surface area contributed by atoms with Crippen LogP contribution in [-0.2, 0) is 0 Å². The lowest BCUT2D eigenvalue weighted by Crippen LogP contribution is -2.36. The Morgan fingerprint density at radius 1 is 1.23 bits per heavy atom. The molecule has 2 rings (SSSR count). The van der Waals surface area contributed by atoms with E-state index in [1.807, 2.05) is 0 Å². The third-order valence-corrected chi connectivity index (χ3v) is 5.30. The number of aromatic nitrogens is 2. The van der Waals surface area contributed by atoms with Crippen molar-refractivity contribution in [2.24, 2.45) is 4.99 Å². The van der Waals surface area contributed by atoms with Gasteiger partial charge in [-0.3, -0.25) is 19.3 Å². The van der Waals surface area contributed by atoms with Crippen molar-refractivity contribution < 1.29 is 5.11 Å². The fourth-order valence-corrected chi connectivity index (χ4v) is 3.70. The van der Waals surface area contributed by atoms with Gasteiger partial charge < -0.3 is 10.0 Å². The number of aromatic hydroxyl groups is 1. The molecule has 146 valence electrons. The van der Waals surface area contributed by atoms with Crippen LogP contribution in [-0.4, -0.2) is 51.4 Å². The normalized spacial score (nSPS) is 16.4. The summed E-state index contributed by atoms with van der Waals surface area (Å²) in [5.74, 6) is -0.240. The molecule has 1 heterocycles. The van der Waals surface area contributed by atoms with Gasteiger partial charge in [-0.05, 0) is 45.8 Å². The molecular weight excluding hydrogens is 332 g/mol. The average Bonchev–Trinajstić information content (AvgIpc) is 2.62. The van der Waals surface area contributed by atoms with Crippen LogP contribution in [0.15, 0.2) is 14.6 Å². The van der Waals surface area contributed by atoms with Crippen LogP contribution in [0.1, 0.15) is 70.9 Å². The molecular formula is C19H32N4O3. The van der Waals surface area contributed by atoms with Crippen molar-refractivity contribution in [3.63, 3.8) is 0 Å². The second-order valence-corrected chi connectivity index (χ2v) is 6.97. The summed E-state index contributed by atoms with van der Waals surface area (Å²) in [7, 11) is 0. The van der Waals surface area contributed by atoms with E-state index in [2.05, 4.69) is 28.7 Å². The van der Waals surface area contributed by atoms with Crippen LogP contribution in [0.2, 0.25) is 0 Å². The Kier molecular flexibility index (Phi) is 7.63. The van der Waals surface area contributed by atoms with E-state index in [9.17, 15) is 14.7 Å².